The topological polar surface area (TPSA) is 136 Å². The van der Waals surface area contributed by atoms with Crippen LogP contribution in [0.1, 0.15) is 15.9 Å². The van der Waals surface area contributed by atoms with Gasteiger partial charge >= 0.3 is 0 Å². The summed E-state index contributed by atoms with van der Waals surface area (Å²) in [5, 5.41) is 7.80. The second-order valence-electron chi connectivity index (χ2n) is 6.74. The Bertz CT molecular complexity index is 1110. The van der Waals surface area contributed by atoms with E-state index in [1.165, 1.54) is 34.6 Å². The average Bonchev–Trinajstić information content (AvgIpc) is 2.74. The number of carbonyl (C=O) groups is 1. The predicted octanol–water partition coefficient (Wildman–Crippen LogP) is 0.327. The van der Waals surface area contributed by atoms with Gasteiger partial charge < -0.3 is 10.1 Å². The van der Waals surface area contributed by atoms with Crippen LogP contribution in [0, 0.1) is 0 Å². The first-order chi connectivity index (χ1) is 14.2. The van der Waals surface area contributed by atoms with Crippen molar-refractivity contribution in [2.45, 2.75) is 16.2 Å². The van der Waals surface area contributed by atoms with Crippen molar-refractivity contribution < 1.29 is 26.4 Å². The Morgan fingerprint density at radius 2 is 1.67 bits per heavy atom. The molecule has 0 spiro atoms. The highest BCUT2D eigenvalue weighted by molar-refractivity contribution is 7.89. The van der Waals surface area contributed by atoms with Crippen molar-refractivity contribution >= 4 is 26.0 Å². The van der Waals surface area contributed by atoms with Gasteiger partial charge in [-0.25, -0.2) is 22.0 Å². The number of nitrogens with two attached hydrogens (primary N) is 1. The zero-order valence-corrected chi connectivity index (χ0v) is 17.8. The van der Waals surface area contributed by atoms with Crippen LogP contribution < -0.4 is 10.5 Å². The number of benzene rings is 2. The standard InChI is InChI=1S/C19H23N3O6S2/c20-29(24,25)17-6-4-15(5-7-17)8-9-21-19(23)16-2-1-3-18(14-16)30(26,27)22-10-12-28-13-11-22/h1-7,14H,8-13H2,(H,21,23)(H2,20,24,25). The molecule has 1 fully saturated rings. The third-order valence-electron chi connectivity index (χ3n) is 4.66. The lowest BCUT2D eigenvalue weighted by Crippen LogP contribution is -2.40. The summed E-state index contributed by atoms with van der Waals surface area (Å²) in [4.78, 5) is 12.5. The lowest BCUT2D eigenvalue weighted by molar-refractivity contribution is 0.0730. The van der Waals surface area contributed by atoms with Gasteiger partial charge in [0.25, 0.3) is 5.91 Å². The van der Waals surface area contributed by atoms with Crippen LogP contribution in [0.25, 0.3) is 0 Å². The summed E-state index contributed by atoms with van der Waals surface area (Å²) in [5.41, 5.74) is 1.07. The van der Waals surface area contributed by atoms with E-state index in [2.05, 4.69) is 5.32 Å². The van der Waals surface area contributed by atoms with Crippen LogP contribution >= 0.6 is 0 Å². The number of ether oxygens (including phenoxy) is 1. The molecule has 0 atom stereocenters. The fourth-order valence-corrected chi connectivity index (χ4v) is 4.97. The number of hydrogen-bond donors (Lipinski definition) is 2. The van der Waals surface area contributed by atoms with Crippen molar-refractivity contribution in [3.8, 4) is 0 Å². The molecule has 0 aliphatic carbocycles. The maximum Gasteiger partial charge on any atom is 0.251 e. The Kier molecular flexibility index (Phi) is 6.88. The van der Waals surface area contributed by atoms with Crippen molar-refractivity contribution in [1.29, 1.82) is 0 Å². The van der Waals surface area contributed by atoms with Crippen LogP contribution in [-0.4, -0.2) is 59.9 Å². The zero-order chi connectivity index (χ0) is 21.8. The summed E-state index contributed by atoms with van der Waals surface area (Å²) in [6.45, 7) is 1.55. The molecule has 1 aliphatic rings. The van der Waals surface area contributed by atoms with E-state index in [0.29, 0.717) is 26.2 Å². The third-order valence-corrected chi connectivity index (χ3v) is 7.48. The highest BCUT2D eigenvalue weighted by Crippen LogP contribution is 2.18. The van der Waals surface area contributed by atoms with E-state index in [1.807, 2.05) is 0 Å². The van der Waals surface area contributed by atoms with E-state index in [-0.39, 0.29) is 28.4 Å². The summed E-state index contributed by atoms with van der Waals surface area (Å²) >= 11 is 0. The maximum atomic E-state index is 12.7. The highest BCUT2D eigenvalue weighted by atomic mass is 32.2. The number of sulfonamides is 2. The summed E-state index contributed by atoms with van der Waals surface area (Å²) in [6.07, 6.45) is 0.475. The van der Waals surface area contributed by atoms with Gasteiger partial charge in [-0.1, -0.05) is 18.2 Å². The number of hydrogen-bond acceptors (Lipinski definition) is 6. The van der Waals surface area contributed by atoms with Gasteiger partial charge in [0.05, 0.1) is 23.0 Å². The van der Waals surface area contributed by atoms with E-state index in [0.717, 1.165) is 5.56 Å². The molecular formula is C19H23N3O6S2. The van der Waals surface area contributed by atoms with E-state index >= 15 is 0 Å². The normalized spacial score (nSPS) is 15.6. The van der Waals surface area contributed by atoms with Crippen molar-refractivity contribution in [3.63, 3.8) is 0 Å². The van der Waals surface area contributed by atoms with Crippen molar-refractivity contribution in [2.24, 2.45) is 5.14 Å². The van der Waals surface area contributed by atoms with E-state index in [1.54, 1.807) is 18.2 Å². The number of carbonyl (C=O) groups excluding carboxylic acids is 1. The Morgan fingerprint density at radius 1 is 1.00 bits per heavy atom. The molecule has 9 nitrogen and oxygen atoms in total. The molecule has 1 aliphatic heterocycles. The largest absolute Gasteiger partial charge is 0.379 e. The van der Waals surface area contributed by atoms with Crippen LogP contribution in [0.15, 0.2) is 58.3 Å². The lowest BCUT2D eigenvalue weighted by Gasteiger charge is -2.26. The van der Waals surface area contributed by atoms with Crippen LogP contribution in [0.3, 0.4) is 0 Å². The van der Waals surface area contributed by atoms with Gasteiger partial charge in [0.1, 0.15) is 0 Å². The Hall–Kier alpha value is -2.31. The molecule has 30 heavy (non-hydrogen) atoms. The van der Waals surface area contributed by atoms with Gasteiger partial charge in [-0.2, -0.15) is 4.31 Å². The van der Waals surface area contributed by atoms with Crippen molar-refractivity contribution in [3.05, 3.63) is 59.7 Å². The zero-order valence-electron chi connectivity index (χ0n) is 16.2. The molecule has 0 aromatic heterocycles. The smallest absolute Gasteiger partial charge is 0.251 e. The molecule has 3 rings (SSSR count). The second-order valence-corrected chi connectivity index (χ2v) is 10.2. The summed E-state index contributed by atoms with van der Waals surface area (Å²) in [6, 6.07) is 12.0. The number of nitrogens with zero attached hydrogens (tertiary/aromatic N) is 1. The molecule has 0 bridgehead atoms. The van der Waals surface area contributed by atoms with E-state index < -0.39 is 26.0 Å². The van der Waals surface area contributed by atoms with Crippen LogP contribution in [-0.2, 0) is 31.2 Å². The molecule has 1 heterocycles. The highest BCUT2D eigenvalue weighted by Gasteiger charge is 2.26. The molecule has 11 heteroatoms. The van der Waals surface area contributed by atoms with Crippen molar-refractivity contribution in [1.82, 2.24) is 9.62 Å². The van der Waals surface area contributed by atoms with Crippen LogP contribution in [0.4, 0.5) is 0 Å². The second kappa shape index (κ2) is 9.23. The minimum Gasteiger partial charge on any atom is -0.379 e. The first-order valence-corrected chi connectivity index (χ1v) is 12.2. The van der Waals surface area contributed by atoms with Crippen LogP contribution in [0.5, 0.6) is 0 Å². The minimum atomic E-state index is -3.74. The SMILES string of the molecule is NS(=O)(=O)c1ccc(CCNC(=O)c2cccc(S(=O)(=O)N3CCOCC3)c2)cc1. The first-order valence-electron chi connectivity index (χ1n) is 9.26. The van der Waals surface area contributed by atoms with E-state index in [4.69, 9.17) is 9.88 Å². The third kappa shape index (κ3) is 5.43. The molecule has 2 aromatic rings. The number of amides is 1. The molecule has 0 saturated carbocycles. The number of nitrogens with one attached hydrogen (secondary N) is 1. The molecule has 1 saturated heterocycles. The molecule has 0 unspecified atom stereocenters. The lowest BCUT2D eigenvalue weighted by atomic mass is 10.1. The summed E-state index contributed by atoms with van der Waals surface area (Å²) in [7, 11) is -7.43. The molecule has 3 N–H and O–H groups in total. The molecule has 162 valence electrons. The molecule has 0 radical (unpaired) electrons. The monoisotopic (exact) mass is 453 g/mol. The first kappa shape index (κ1) is 22.4. The Labute approximate surface area is 175 Å². The quantitative estimate of drug-likeness (QED) is 0.620. The van der Waals surface area contributed by atoms with Gasteiger partial charge in [0.15, 0.2) is 0 Å². The minimum absolute atomic E-state index is 0.0218. The molecule has 1 amide bonds. The van der Waals surface area contributed by atoms with Crippen LogP contribution in [0.2, 0.25) is 0 Å². The number of primary sulfonamides is 1. The van der Waals surface area contributed by atoms with E-state index in [9.17, 15) is 21.6 Å². The van der Waals surface area contributed by atoms with Gasteiger partial charge in [-0.05, 0) is 42.3 Å². The molecular weight excluding hydrogens is 430 g/mol. The van der Waals surface area contributed by atoms with Gasteiger partial charge in [-0.3, -0.25) is 4.79 Å². The predicted molar refractivity (Wildman–Crippen MR) is 110 cm³/mol. The fourth-order valence-electron chi connectivity index (χ4n) is 3.00. The van der Waals surface area contributed by atoms with Gasteiger partial charge in [0, 0.05) is 25.2 Å². The maximum absolute atomic E-state index is 12.7. The average molecular weight is 454 g/mol. The van der Waals surface area contributed by atoms with Gasteiger partial charge in [-0.15, -0.1) is 0 Å². The molecule has 2 aromatic carbocycles. The number of morpholine rings is 1. The summed E-state index contributed by atoms with van der Waals surface area (Å²) < 4.78 is 54.6. The van der Waals surface area contributed by atoms with Crippen molar-refractivity contribution in [2.75, 3.05) is 32.8 Å². The van der Waals surface area contributed by atoms with Gasteiger partial charge in [0.2, 0.25) is 20.0 Å². The number of rotatable bonds is 7. The Balaban J connectivity index is 1.61. The fraction of sp³-hybridized carbons (Fsp3) is 0.316. The Morgan fingerprint density at radius 3 is 2.30 bits per heavy atom. The summed E-state index contributed by atoms with van der Waals surface area (Å²) in [5.74, 6) is -0.393.